The van der Waals surface area contributed by atoms with Gasteiger partial charge in [0.2, 0.25) is 5.82 Å². The highest BCUT2D eigenvalue weighted by atomic mass is 16.6. The summed E-state index contributed by atoms with van der Waals surface area (Å²) in [6.07, 6.45) is 0. The number of aromatic nitrogens is 2. The maximum atomic E-state index is 12.2. The monoisotopic (exact) mass is 352 g/mol. The lowest BCUT2D eigenvalue weighted by atomic mass is 10.1. The fraction of sp³-hybridized carbons (Fsp3) is 0.211. The number of carbonyl (C=O) groups is 1. The number of nitrogens with zero attached hydrogens (tertiary/aromatic N) is 2. The number of benzene rings is 2. The van der Waals surface area contributed by atoms with Crippen LogP contribution in [0.2, 0.25) is 0 Å². The van der Waals surface area contributed by atoms with E-state index in [1.807, 2.05) is 31.2 Å². The van der Waals surface area contributed by atoms with Gasteiger partial charge in [0.1, 0.15) is 13.2 Å². The highest BCUT2D eigenvalue weighted by Crippen LogP contribution is 2.31. The summed E-state index contributed by atoms with van der Waals surface area (Å²) >= 11 is 0. The zero-order valence-corrected chi connectivity index (χ0v) is 14.1. The van der Waals surface area contributed by atoms with E-state index in [-0.39, 0.29) is 12.5 Å². The number of fused-ring (bicyclic) bond motifs is 1. The Morgan fingerprint density at radius 1 is 1.08 bits per heavy atom. The van der Waals surface area contributed by atoms with Crippen molar-refractivity contribution in [1.82, 2.24) is 10.1 Å². The molecule has 1 aliphatic heterocycles. The topological polar surface area (TPSA) is 83.7 Å². The molecule has 1 aromatic heterocycles. The van der Waals surface area contributed by atoms with Gasteiger partial charge in [0.05, 0.1) is 5.56 Å². The second-order valence-corrected chi connectivity index (χ2v) is 5.81. The molecule has 0 unspecified atom stereocenters. The minimum atomic E-state index is -0.503. The summed E-state index contributed by atoms with van der Waals surface area (Å²) in [5.41, 5.74) is 2.35. The number of rotatable bonds is 4. The van der Waals surface area contributed by atoms with Crippen LogP contribution in [0.25, 0.3) is 11.4 Å². The van der Waals surface area contributed by atoms with Crippen LogP contribution in [0.4, 0.5) is 0 Å². The van der Waals surface area contributed by atoms with Crippen molar-refractivity contribution in [2.75, 3.05) is 13.2 Å². The van der Waals surface area contributed by atoms with Crippen LogP contribution in [0.15, 0.2) is 47.0 Å². The van der Waals surface area contributed by atoms with Gasteiger partial charge in [-0.1, -0.05) is 35.0 Å². The number of hydrogen-bond donors (Lipinski definition) is 0. The predicted molar refractivity (Wildman–Crippen MR) is 91.0 cm³/mol. The van der Waals surface area contributed by atoms with Gasteiger partial charge in [-0.15, -0.1) is 0 Å². The van der Waals surface area contributed by atoms with Gasteiger partial charge in [-0.05, 0) is 25.1 Å². The third-order valence-electron chi connectivity index (χ3n) is 3.88. The van der Waals surface area contributed by atoms with E-state index in [1.54, 1.807) is 18.2 Å². The molecule has 0 saturated carbocycles. The Bertz CT molecular complexity index is 933. The minimum Gasteiger partial charge on any atom is -0.486 e. The molecule has 0 bridgehead atoms. The molecule has 7 heteroatoms. The molecule has 4 rings (SSSR count). The molecule has 0 atom stereocenters. The molecule has 0 saturated heterocycles. The normalized spacial score (nSPS) is 12.7. The molecule has 0 aliphatic carbocycles. The Kier molecular flexibility index (Phi) is 4.27. The van der Waals surface area contributed by atoms with Crippen LogP contribution in [0.3, 0.4) is 0 Å². The number of hydrogen-bond acceptors (Lipinski definition) is 7. The third kappa shape index (κ3) is 3.37. The molecule has 3 aromatic rings. The van der Waals surface area contributed by atoms with Crippen LogP contribution in [-0.4, -0.2) is 29.3 Å². The van der Waals surface area contributed by atoms with Crippen LogP contribution in [-0.2, 0) is 11.3 Å². The summed E-state index contributed by atoms with van der Waals surface area (Å²) in [5.74, 6) is 1.33. The lowest BCUT2D eigenvalue weighted by molar-refractivity contribution is 0.0429. The van der Waals surface area contributed by atoms with Crippen molar-refractivity contribution in [2.24, 2.45) is 0 Å². The van der Waals surface area contributed by atoms with Gasteiger partial charge in [-0.3, -0.25) is 0 Å². The van der Waals surface area contributed by atoms with E-state index >= 15 is 0 Å². The Labute approximate surface area is 149 Å². The first-order valence-electron chi connectivity index (χ1n) is 8.15. The maximum absolute atomic E-state index is 12.2. The fourth-order valence-corrected chi connectivity index (χ4v) is 2.51. The van der Waals surface area contributed by atoms with Crippen molar-refractivity contribution < 1.29 is 23.5 Å². The molecule has 2 heterocycles. The van der Waals surface area contributed by atoms with Gasteiger partial charge >= 0.3 is 5.97 Å². The number of ether oxygens (including phenoxy) is 3. The van der Waals surface area contributed by atoms with Gasteiger partial charge < -0.3 is 18.7 Å². The number of esters is 1. The van der Waals surface area contributed by atoms with E-state index in [9.17, 15) is 4.79 Å². The van der Waals surface area contributed by atoms with Gasteiger partial charge in [0.15, 0.2) is 18.1 Å². The summed E-state index contributed by atoms with van der Waals surface area (Å²) in [4.78, 5) is 16.5. The summed E-state index contributed by atoms with van der Waals surface area (Å²) in [6.45, 7) is 2.85. The van der Waals surface area contributed by atoms with Gasteiger partial charge in [0.25, 0.3) is 5.89 Å². The number of aryl methyl sites for hydroxylation is 1. The molecule has 7 nitrogen and oxygen atoms in total. The molecule has 0 spiro atoms. The first kappa shape index (κ1) is 16.1. The Hall–Kier alpha value is -3.35. The van der Waals surface area contributed by atoms with Crippen LogP contribution < -0.4 is 9.47 Å². The standard InChI is InChI=1S/C19H16N2O5/c1-12-2-4-13(5-3-12)18-20-17(26-21-18)11-25-19(22)14-6-7-15-16(10-14)24-9-8-23-15/h2-7,10H,8-9,11H2,1H3. The second-order valence-electron chi connectivity index (χ2n) is 5.81. The van der Waals surface area contributed by atoms with Crippen molar-refractivity contribution in [3.8, 4) is 22.9 Å². The van der Waals surface area contributed by atoms with Crippen molar-refractivity contribution in [2.45, 2.75) is 13.5 Å². The summed E-state index contributed by atoms with van der Waals surface area (Å²) in [6, 6.07) is 12.7. The Balaban J connectivity index is 1.41. The zero-order valence-electron chi connectivity index (χ0n) is 14.1. The Morgan fingerprint density at radius 2 is 1.85 bits per heavy atom. The predicted octanol–water partition coefficient (Wildman–Crippen LogP) is 3.17. The van der Waals surface area contributed by atoms with Crippen molar-refractivity contribution in [3.63, 3.8) is 0 Å². The van der Waals surface area contributed by atoms with E-state index < -0.39 is 5.97 Å². The van der Waals surface area contributed by atoms with Crippen molar-refractivity contribution in [1.29, 1.82) is 0 Å². The third-order valence-corrected chi connectivity index (χ3v) is 3.88. The maximum Gasteiger partial charge on any atom is 0.338 e. The summed E-state index contributed by atoms with van der Waals surface area (Å²) in [7, 11) is 0. The summed E-state index contributed by atoms with van der Waals surface area (Å²) < 4.78 is 21.3. The summed E-state index contributed by atoms with van der Waals surface area (Å²) in [5, 5.41) is 3.91. The quantitative estimate of drug-likeness (QED) is 0.667. The van der Waals surface area contributed by atoms with E-state index in [0.717, 1.165) is 11.1 Å². The first-order chi connectivity index (χ1) is 12.7. The lowest BCUT2D eigenvalue weighted by Crippen LogP contribution is -2.16. The lowest BCUT2D eigenvalue weighted by Gasteiger charge is -2.18. The first-order valence-corrected chi connectivity index (χ1v) is 8.15. The molecule has 26 heavy (non-hydrogen) atoms. The van der Waals surface area contributed by atoms with Crippen LogP contribution in [0.5, 0.6) is 11.5 Å². The van der Waals surface area contributed by atoms with Gasteiger partial charge in [0, 0.05) is 5.56 Å². The van der Waals surface area contributed by atoms with E-state index in [2.05, 4.69) is 10.1 Å². The SMILES string of the molecule is Cc1ccc(-c2noc(COC(=O)c3ccc4c(c3)OCCO4)n2)cc1. The average Bonchev–Trinajstić information content (AvgIpc) is 3.15. The van der Waals surface area contributed by atoms with Crippen LogP contribution in [0, 0.1) is 6.92 Å². The highest BCUT2D eigenvalue weighted by molar-refractivity contribution is 5.90. The highest BCUT2D eigenvalue weighted by Gasteiger charge is 2.17. The zero-order chi connectivity index (χ0) is 17.9. The molecule has 2 aromatic carbocycles. The largest absolute Gasteiger partial charge is 0.486 e. The van der Waals surface area contributed by atoms with Crippen LogP contribution in [0.1, 0.15) is 21.8 Å². The molecule has 0 amide bonds. The number of carbonyl (C=O) groups excluding carboxylic acids is 1. The Morgan fingerprint density at radius 3 is 2.65 bits per heavy atom. The van der Waals surface area contributed by atoms with E-state index in [4.69, 9.17) is 18.7 Å². The fourth-order valence-electron chi connectivity index (χ4n) is 2.51. The smallest absolute Gasteiger partial charge is 0.338 e. The van der Waals surface area contributed by atoms with E-state index in [0.29, 0.717) is 36.1 Å². The minimum absolute atomic E-state index is 0.105. The molecule has 0 fully saturated rings. The van der Waals surface area contributed by atoms with E-state index in [1.165, 1.54) is 0 Å². The van der Waals surface area contributed by atoms with Crippen LogP contribution >= 0.6 is 0 Å². The van der Waals surface area contributed by atoms with Gasteiger partial charge in [-0.25, -0.2) is 4.79 Å². The molecular weight excluding hydrogens is 336 g/mol. The van der Waals surface area contributed by atoms with Gasteiger partial charge in [-0.2, -0.15) is 4.98 Å². The molecule has 132 valence electrons. The van der Waals surface area contributed by atoms with Crippen molar-refractivity contribution >= 4 is 5.97 Å². The average molecular weight is 352 g/mol. The van der Waals surface area contributed by atoms with Crippen molar-refractivity contribution in [3.05, 3.63) is 59.5 Å². The molecular formula is C19H16N2O5. The molecule has 0 N–H and O–H groups in total. The molecule has 1 aliphatic rings. The molecule has 0 radical (unpaired) electrons. The second kappa shape index (κ2) is 6.87.